The second-order valence-corrected chi connectivity index (χ2v) is 8.65. The first kappa shape index (κ1) is 17.7. The summed E-state index contributed by atoms with van der Waals surface area (Å²) >= 11 is 5.97. The fraction of sp³-hybridized carbons (Fsp3) is 0. The zero-order valence-electron chi connectivity index (χ0n) is 14.8. The van der Waals surface area contributed by atoms with Crippen LogP contribution >= 0.6 is 22.1 Å². The molecule has 1 atom stereocenters. The molecule has 2 amide bonds. The van der Waals surface area contributed by atoms with Crippen molar-refractivity contribution in [2.24, 2.45) is 0 Å². The van der Waals surface area contributed by atoms with E-state index in [9.17, 15) is 9.59 Å². The van der Waals surface area contributed by atoms with E-state index < -0.39 is 15.0 Å². The van der Waals surface area contributed by atoms with Crippen LogP contribution in [0, 0.1) is 0 Å². The van der Waals surface area contributed by atoms with Crippen molar-refractivity contribution in [3.8, 4) is 21.9 Å². The molecule has 1 aliphatic heterocycles. The van der Waals surface area contributed by atoms with Gasteiger partial charge in [-0.05, 0) is 42.5 Å². The van der Waals surface area contributed by atoms with Gasteiger partial charge in [-0.3, -0.25) is 0 Å². The first-order valence-corrected chi connectivity index (χ1v) is 10.3. The van der Waals surface area contributed by atoms with Crippen LogP contribution in [0.4, 0.5) is 21.0 Å². The molecule has 0 saturated carbocycles. The highest BCUT2D eigenvalue weighted by atomic mass is 35.5. The van der Waals surface area contributed by atoms with E-state index in [2.05, 4.69) is 15.6 Å². The number of nitrogens with zero attached hydrogens (tertiary/aromatic N) is 1. The second kappa shape index (κ2) is 6.88. The third kappa shape index (κ3) is 3.00. The Morgan fingerprint density at radius 2 is 1.69 bits per heavy atom. The number of urea groups is 1. The zero-order chi connectivity index (χ0) is 20.0. The Labute approximate surface area is 173 Å². The van der Waals surface area contributed by atoms with Gasteiger partial charge in [0.15, 0.2) is 0 Å². The number of benzene rings is 2. The summed E-state index contributed by atoms with van der Waals surface area (Å²) in [5.74, 6) is 1.39. The quantitative estimate of drug-likeness (QED) is 0.286. The molecule has 0 aliphatic carbocycles. The molecule has 29 heavy (non-hydrogen) atoms. The van der Waals surface area contributed by atoms with Crippen molar-refractivity contribution in [1.29, 1.82) is 0 Å². The summed E-state index contributed by atoms with van der Waals surface area (Å²) in [6, 6.07) is 18.1. The number of hydrogen-bond acceptors (Lipinski definition) is 4. The van der Waals surface area contributed by atoms with Crippen LogP contribution < -0.4 is 15.4 Å². The van der Waals surface area contributed by atoms with E-state index in [0.717, 1.165) is 11.3 Å². The van der Waals surface area contributed by atoms with Crippen LogP contribution in [-0.4, -0.2) is 15.6 Å². The fourth-order valence-corrected chi connectivity index (χ4v) is 5.63. The average Bonchev–Trinajstić information content (AvgIpc) is 3.05. The van der Waals surface area contributed by atoms with Crippen LogP contribution in [0.25, 0.3) is 20.7 Å². The lowest BCUT2D eigenvalue weighted by molar-refractivity contribution is 0.262. The summed E-state index contributed by atoms with van der Waals surface area (Å²) in [5, 5.41) is 6.27. The number of nitrogens with one attached hydrogen (secondary N) is 2. The van der Waals surface area contributed by atoms with Crippen LogP contribution in [0.5, 0.6) is 11.5 Å². The molecule has 0 radical (unpaired) electrons. The highest BCUT2D eigenvalue weighted by molar-refractivity contribution is 7.64. The van der Waals surface area contributed by atoms with Gasteiger partial charge in [0, 0.05) is 23.4 Å². The molecule has 0 spiro atoms. The smallest absolute Gasteiger partial charge is 0.454 e. The second-order valence-electron chi connectivity index (χ2n) is 6.31. The minimum Gasteiger partial charge on any atom is -0.457 e. The largest absolute Gasteiger partial charge is 0.457 e. The highest BCUT2D eigenvalue weighted by Gasteiger charge is 2.38. The van der Waals surface area contributed by atoms with Gasteiger partial charge in [-0.25, -0.2) is 14.6 Å². The van der Waals surface area contributed by atoms with E-state index in [-0.39, 0.29) is 6.03 Å². The van der Waals surface area contributed by atoms with E-state index >= 15 is 0 Å². The van der Waals surface area contributed by atoms with E-state index in [0.29, 0.717) is 32.2 Å². The molecule has 4 aromatic rings. The molecule has 1 unspecified atom stereocenters. The zero-order valence-corrected chi connectivity index (χ0v) is 16.4. The molecular weight excluding hydrogens is 410 g/mol. The minimum atomic E-state index is -1.10. The first-order chi connectivity index (χ1) is 14.1. The number of rotatable bonds is 4. The third-order valence-corrected chi connectivity index (χ3v) is 6.86. The van der Waals surface area contributed by atoms with Crippen LogP contribution in [0.15, 0.2) is 66.9 Å². The number of halogens is 1. The molecule has 0 bridgehead atoms. The van der Waals surface area contributed by atoms with Crippen LogP contribution in [-0.2, 0) is 0 Å². The van der Waals surface area contributed by atoms with E-state index in [4.69, 9.17) is 16.3 Å². The number of amides is 2. The van der Waals surface area contributed by atoms with Gasteiger partial charge in [0.1, 0.15) is 33.0 Å². The molecule has 2 N–H and O–H groups in total. The number of carbonyl (C=O) groups is 2. The standard InChI is InChI=1S/C21H12ClN3O3S/c22-20(26)29-18(17-16-15(24-21(27)25-17)10-11-23-19(16)29)12-6-8-14(9-7-12)28-13-4-2-1-3-5-13/h1-11H,(H-,23,24,25,27)/p+1. The maximum absolute atomic E-state index is 12.3. The SMILES string of the molecule is O=C1Nc2ccnc3c2c(c(-c2ccc(Oc4ccccc4)cc2)[s+]3C(=O)Cl)N1. The highest BCUT2D eigenvalue weighted by Crippen LogP contribution is 2.53. The number of hydrogen-bond donors (Lipinski definition) is 2. The molecule has 1 aliphatic rings. The molecule has 5 rings (SSSR count). The van der Waals surface area contributed by atoms with Gasteiger partial charge in [-0.2, -0.15) is 0 Å². The Hall–Kier alpha value is -3.42. The van der Waals surface area contributed by atoms with Gasteiger partial charge in [0.25, 0.3) is 4.83 Å². The fourth-order valence-electron chi connectivity index (χ4n) is 3.36. The molecule has 142 valence electrons. The summed E-state index contributed by atoms with van der Waals surface area (Å²) < 4.78 is 5.31. The van der Waals surface area contributed by atoms with Gasteiger partial charge >= 0.3 is 10.6 Å². The topological polar surface area (TPSA) is 80.3 Å². The lowest BCUT2D eigenvalue weighted by Gasteiger charge is -2.13. The van der Waals surface area contributed by atoms with Gasteiger partial charge < -0.3 is 15.4 Å². The predicted molar refractivity (Wildman–Crippen MR) is 115 cm³/mol. The van der Waals surface area contributed by atoms with E-state index in [1.54, 1.807) is 12.3 Å². The van der Waals surface area contributed by atoms with Gasteiger partial charge in [0.2, 0.25) is 4.88 Å². The molecular formula is C21H13ClN3O3S+. The number of para-hydroxylation sites is 1. The Bertz CT molecular complexity index is 1270. The van der Waals surface area contributed by atoms with Crippen molar-refractivity contribution in [3.63, 3.8) is 0 Å². The first-order valence-electron chi connectivity index (χ1n) is 8.70. The molecule has 6 nitrogen and oxygen atoms in total. The molecule has 8 heteroatoms. The molecule has 2 aromatic carbocycles. The monoisotopic (exact) mass is 422 g/mol. The Morgan fingerprint density at radius 1 is 0.966 bits per heavy atom. The lowest BCUT2D eigenvalue weighted by Crippen LogP contribution is -2.23. The molecule has 0 fully saturated rings. The van der Waals surface area contributed by atoms with Gasteiger partial charge in [0.05, 0.1) is 5.69 Å². The maximum Gasteiger partial charge on any atom is 0.454 e. The summed E-state index contributed by atoms with van der Waals surface area (Å²) in [5.41, 5.74) is 1.95. The Morgan fingerprint density at radius 3 is 2.41 bits per heavy atom. The summed E-state index contributed by atoms with van der Waals surface area (Å²) in [7, 11) is -1.10. The van der Waals surface area contributed by atoms with E-state index in [1.807, 2.05) is 54.6 Å². The van der Waals surface area contributed by atoms with Crippen molar-refractivity contribution >= 4 is 54.3 Å². The Kier molecular flexibility index (Phi) is 4.19. The summed E-state index contributed by atoms with van der Waals surface area (Å²) in [6.45, 7) is 0. The van der Waals surface area contributed by atoms with E-state index in [1.165, 1.54) is 0 Å². The van der Waals surface area contributed by atoms with Gasteiger partial charge in [-0.1, -0.05) is 18.2 Å². The lowest BCUT2D eigenvalue weighted by atomic mass is 10.1. The summed E-state index contributed by atoms with van der Waals surface area (Å²) in [6.07, 6.45) is 1.57. The maximum atomic E-state index is 12.3. The number of ether oxygens (including phenoxy) is 1. The third-order valence-electron chi connectivity index (χ3n) is 4.53. The van der Waals surface area contributed by atoms with Crippen molar-refractivity contribution in [1.82, 2.24) is 4.98 Å². The van der Waals surface area contributed by atoms with Crippen LogP contribution in [0.1, 0.15) is 0 Å². The number of aromatic nitrogens is 1. The normalized spacial score (nSPS) is 13.0. The molecule has 0 saturated heterocycles. The number of anilines is 2. The number of thiophene rings is 1. The molecule has 3 heterocycles. The number of carbonyl (C=O) groups excluding carboxylic acids is 2. The minimum absolute atomic E-state index is 0.362. The van der Waals surface area contributed by atoms with Crippen molar-refractivity contribution in [2.75, 3.05) is 10.6 Å². The summed E-state index contributed by atoms with van der Waals surface area (Å²) in [4.78, 5) is 30.0. The Balaban J connectivity index is 1.64. The molecule has 2 aromatic heterocycles. The van der Waals surface area contributed by atoms with Crippen LogP contribution in [0.3, 0.4) is 0 Å². The van der Waals surface area contributed by atoms with Crippen molar-refractivity contribution in [2.45, 2.75) is 0 Å². The van der Waals surface area contributed by atoms with Crippen LogP contribution in [0.2, 0.25) is 0 Å². The van der Waals surface area contributed by atoms with Crippen molar-refractivity contribution < 1.29 is 14.3 Å². The van der Waals surface area contributed by atoms with Crippen molar-refractivity contribution in [3.05, 3.63) is 66.9 Å². The average molecular weight is 423 g/mol. The predicted octanol–water partition coefficient (Wildman–Crippen LogP) is 6.61. The number of pyridine rings is 1. The van der Waals surface area contributed by atoms with Gasteiger partial charge in [-0.15, -0.1) is 0 Å².